The van der Waals surface area contributed by atoms with Gasteiger partial charge >= 0.3 is 0 Å². The summed E-state index contributed by atoms with van der Waals surface area (Å²) in [5.74, 6) is -2.81. The molecule has 0 bridgehead atoms. The summed E-state index contributed by atoms with van der Waals surface area (Å²) in [6.07, 6.45) is 0.487. The van der Waals surface area contributed by atoms with Crippen molar-refractivity contribution in [1.82, 2.24) is 16.1 Å². The van der Waals surface area contributed by atoms with E-state index < -0.39 is 29.7 Å². The summed E-state index contributed by atoms with van der Waals surface area (Å²) in [6.45, 7) is -0.382. The smallest absolute Gasteiger partial charge is 0.248 e. The van der Waals surface area contributed by atoms with Gasteiger partial charge in [0, 0.05) is 25.0 Å². The molecule has 0 heterocycles. The highest BCUT2D eigenvalue weighted by molar-refractivity contribution is 8.00. The Morgan fingerprint density at radius 1 is 0.780 bits per heavy atom. The van der Waals surface area contributed by atoms with Crippen LogP contribution in [0.5, 0.6) is 0 Å². The van der Waals surface area contributed by atoms with Crippen molar-refractivity contribution in [3.63, 3.8) is 0 Å². The highest BCUT2D eigenvalue weighted by Gasteiger charge is 2.36. The molecular formula is C31H36N4O5S. The number of benzene rings is 3. The number of carbonyl (C=O) groups is 3. The van der Waals surface area contributed by atoms with Crippen molar-refractivity contribution in [2.45, 2.75) is 18.9 Å². The van der Waals surface area contributed by atoms with Crippen molar-refractivity contribution >= 4 is 35.2 Å². The quantitative estimate of drug-likeness (QED) is 0.107. The van der Waals surface area contributed by atoms with E-state index >= 15 is 0 Å². The number of hydroxylamine groups is 1. The van der Waals surface area contributed by atoms with Crippen molar-refractivity contribution in [2.75, 3.05) is 25.3 Å². The van der Waals surface area contributed by atoms with E-state index in [2.05, 4.69) is 15.6 Å². The third-order valence-electron chi connectivity index (χ3n) is 6.63. The summed E-state index contributed by atoms with van der Waals surface area (Å²) in [6, 6.07) is 27.1. The van der Waals surface area contributed by atoms with Gasteiger partial charge in [0.25, 0.3) is 0 Å². The molecule has 0 radical (unpaired) electrons. The van der Waals surface area contributed by atoms with Gasteiger partial charge in [-0.3, -0.25) is 24.6 Å². The molecule has 3 aromatic carbocycles. The van der Waals surface area contributed by atoms with Crippen LogP contribution >= 0.6 is 11.8 Å². The van der Waals surface area contributed by atoms with Crippen LogP contribution in [-0.2, 0) is 27.2 Å². The summed E-state index contributed by atoms with van der Waals surface area (Å²) in [5.41, 5.74) is 4.92. The van der Waals surface area contributed by atoms with E-state index in [9.17, 15) is 24.7 Å². The zero-order chi connectivity index (χ0) is 29.5. The molecule has 0 aliphatic rings. The zero-order valence-electron chi connectivity index (χ0n) is 22.9. The number of nitrogens with one attached hydrogen (secondary N) is 3. The molecule has 0 spiro atoms. The maximum atomic E-state index is 13.8. The van der Waals surface area contributed by atoms with Crippen LogP contribution in [0.3, 0.4) is 0 Å². The minimum atomic E-state index is -0.932. The molecule has 3 rings (SSSR count). The van der Waals surface area contributed by atoms with Gasteiger partial charge in [-0.2, -0.15) is 11.8 Å². The molecule has 3 amide bonds. The Kier molecular flexibility index (Phi) is 13.0. The monoisotopic (exact) mass is 576 g/mol. The zero-order valence-corrected chi connectivity index (χ0v) is 23.7. The van der Waals surface area contributed by atoms with Crippen LogP contribution in [-0.4, -0.2) is 65.1 Å². The molecule has 10 heteroatoms. The molecular weight excluding hydrogens is 540 g/mol. The summed E-state index contributed by atoms with van der Waals surface area (Å²) in [4.78, 5) is 43.8. The maximum absolute atomic E-state index is 13.8. The van der Waals surface area contributed by atoms with E-state index in [1.807, 2.05) is 91.0 Å². The van der Waals surface area contributed by atoms with Gasteiger partial charge in [0.15, 0.2) is 0 Å². The number of amides is 3. The van der Waals surface area contributed by atoms with Crippen LogP contribution in [0.4, 0.5) is 0 Å². The SMILES string of the molecule is CNC(=O)[C@H](Cc1ccccc1)NC(=O)[C@H](Cc1ccccc1)[C@H](CSCC(=NCO)c1ccccc1)C(=O)NO. The number of hydrogen-bond acceptors (Lipinski definition) is 7. The van der Waals surface area contributed by atoms with E-state index in [4.69, 9.17) is 0 Å². The van der Waals surface area contributed by atoms with Gasteiger partial charge in [-0.25, -0.2) is 5.48 Å². The highest BCUT2D eigenvalue weighted by Crippen LogP contribution is 2.24. The second-order valence-electron chi connectivity index (χ2n) is 9.37. The minimum Gasteiger partial charge on any atom is -0.375 e. The van der Waals surface area contributed by atoms with Crippen LogP contribution in [0.2, 0.25) is 0 Å². The van der Waals surface area contributed by atoms with E-state index in [-0.39, 0.29) is 31.2 Å². The van der Waals surface area contributed by atoms with Crippen molar-refractivity contribution in [2.24, 2.45) is 16.8 Å². The fourth-order valence-corrected chi connectivity index (χ4v) is 5.68. The molecule has 41 heavy (non-hydrogen) atoms. The average molecular weight is 577 g/mol. The number of thioether (sulfide) groups is 1. The fraction of sp³-hybridized carbons (Fsp3) is 0.290. The second kappa shape index (κ2) is 17.0. The minimum absolute atomic E-state index is 0.178. The number of likely N-dealkylation sites (N-methyl/N-ethyl adjacent to an activating group) is 1. The molecule has 3 aromatic rings. The Balaban J connectivity index is 1.85. The van der Waals surface area contributed by atoms with Gasteiger partial charge in [0.2, 0.25) is 17.7 Å². The largest absolute Gasteiger partial charge is 0.375 e. The van der Waals surface area contributed by atoms with Crippen LogP contribution in [0, 0.1) is 11.8 Å². The fourth-order valence-electron chi connectivity index (χ4n) is 4.47. The van der Waals surface area contributed by atoms with E-state index in [1.54, 1.807) is 5.48 Å². The van der Waals surface area contributed by atoms with Gasteiger partial charge in [0.1, 0.15) is 12.8 Å². The van der Waals surface area contributed by atoms with Crippen LogP contribution in [0.15, 0.2) is 96.0 Å². The molecule has 216 valence electrons. The summed E-state index contributed by atoms with van der Waals surface area (Å²) in [5, 5.41) is 24.5. The second-order valence-corrected chi connectivity index (χ2v) is 10.4. The molecule has 0 fully saturated rings. The predicted octanol–water partition coefficient (Wildman–Crippen LogP) is 2.61. The first-order valence-corrected chi connectivity index (χ1v) is 14.4. The average Bonchev–Trinajstić information content (AvgIpc) is 3.02. The number of carbonyl (C=O) groups excluding carboxylic acids is 3. The molecule has 0 aliphatic heterocycles. The van der Waals surface area contributed by atoms with Crippen molar-refractivity contribution in [1.29, 1.82) is 0 Å². The van der Waals surface area contributed by atoms with E-state index in [0.29, 0.717) is 11.5 Å². The Hall–Kier alpha value is -3.99. The standard InChI is InChI=1S/C31H36N4O5S/c1-32-31(39)27(18-23-13-7-3-8-14-23)34-29(37)25(17-22-11-5-2-6-12-22)26(30(38)35-40)19-41-20-28(33-21-36)24-15-9-4-10-16-24/h2-16,25-27,36,40H,17-21H2,1H3,(H,32,39)(H,34,37)(H,35,38)/t25-,26+,27+/m1/s1. The molecule has 0 aromatic heterocycles. The topological polar surface area (TPSA) is 140 Å². The van der Waals surface area contributed by atoms with Crippen LogP contribution < -0.4 is 16.1 Å². The first-order chi connectivity index (χ1) is 20.0. The molecule has 9 nitrogen and oxygen atoms in total. The van der Waals surface area contributed by atoms with Crippen molar-refractivity contribution < 1.29 is 24.7 Å². The Labute approximate surface area is 244 Å². The van der Waals surface area contributed by atoms with Crippen molar-refractivity contribution in [3.8, 4) is 0 Å². The molecule has 0 unspecified atom stereocenters. The lowest BCUT2D eigenvalue weighted by Crippen LogP contribution is -2.51. The third kappa shape index (κ3) is 9.86. The number of aliphatic imine (C=N–C) groups is 1. The Morgan fingerprint density at radius 3 is 1.88 bits per heavy atom. The van der Waals surface area contributed by atoms with Gasteiger partial charge in [-0.1, -0.05) is 91.0 Å². The van der Waals surface area contributed by atoms with Crippen LogP contribution in [0.1, 0.15) is 16.7 Å². The number of hydrogen-bond donors (Lipinski definition) is 5. The number of rotatable bonds is 15. The summed E-state index contributed by atoms with van der Waals surface area (Å²) in [7, 11) is 1.50. The van der Waals surface area contributed by atoms with Gasteiger partial charge in [-0.05, 0) is 23.1 Å². The first kappa shape index (κ1) is 31.5. The first-order valence-electron chi connectivity index (χ1n) is 13.3. The van der Waals surface area contributed by atoms with E-state index in [0.717, 1.165) is 16.7 Å². The molecule has 0 saturated heterocycles. The highest BCUT2D eigenvalue weighted by atomic mass is 32.2. The maximum Gasteiger partial charge on any atom is 0.248 e. The molecule has 0 saturated carbocycles. The number of aliphatic hydroxyl groups is 1. The molecule has 5 N–H and O–H groups in total. The third-order valence-corrected chi connectivity index (χ3v) is 7.71. The number of nitrogens with zero attached hydrogens (tertiary/aromatic N) is 1. The normalized spacial score (nSPS) is 13.5. The lowest BCUT2D eigenvalue weighted by atomic mass is 9.86. The van der Waals surface area contributed by atoms with Crippen molar-refractivity contribution in [3.05, 3.63) is 108 Å². The van der Waals surface area contributed by atoms with Gasteiger partial charge in [0.05, 0.1) is 17.5 Å². The lowest BCUT2D eigenvalue weighted by molar-refractivity contribution is -0.140. The van der Waals surface area contributed by atoms with Gasteiger partial charge in [-0.15, -0.1) is 0 Å². The molecule has 0 aliphatic carbocycles. The number of aliphatic hydroxyl groups excluding tert-OH is 1. The van der Waals surface area contributed by atoms with Crippen LogP contribution in [0.25, 0.3) is 0 Å². The Morgan fingerprint density at radius 2 is 1.34 bits per heavy atom. The summed E-state index contributed by atoms with van der Waals surface area (Å²) >= 11 is 1.36. The lowest BCUT2D eigenvalue weighted by Gasteiger charge is -2.27. The predicted molar refractivity (Wildman–Crippen MR) is 161 cm³/mol. The van der Waals surface area contributed by atoms with E-state index in [1.165, 1.54) is 18.8 Å². The summed E-state index contributed by atoms with van der Waals surface area (Å²) < 4.78 is 0. The molecule has 3 atom stereocenters. The van der Waals surface area contributed by atoms with Gasteiger partial charge < -0.3 is 15.7 Å². The Bertz CT molecular complexity index is 1280.